The van der Waals surface area contributed by atoms with E-state index in [9.17, 15) is 117 Å². The average molecular weight is 1340 g/mol. The van der Waals surface area contributed by atoms with Crippen molar-refractivity contribution in [1.82, 2.24) is 0 Å². The largest absolute Gasteiger partial charge is 0.394 e. The molecule has 30 fully saturated rings. The van der Waals surface area contributed by atoms with Gasteiger partial charge in [-0.1, -0.05) is 5.92 Å². The Kier molecular flexibility index (Phi) is 25.5. The Morgan fingerprint density at radius 3 is 0.505 bits per heavy atom. The van der Waals surface area contributed by atoms with Crippen molar-refractivity contribution in [2.45, 2.75) is 246 Å². The number of hydrogen-bond acceptors (Lipinski definition) is 40. The summed E-state index contributed by atoms with van der Waals surface area (Å²) in [5.41, 5.74) is 0. The minimum atomic E-state index is -2.25. The molecule has 30 rings (SSSR count). The maximum absolute atomic E-state index is 11.6. The third-order valence-electron chi connectivity index (χ3n) is 17.2. The number of hydrogen-bond donors (Lipinski definition) is 23. The van der Waals surface area contributed by atoms with Crippen LogP contribution in [0.25, 0.3) is 0 Å². The van der Waals surface area contributed by atoms with Gasteiger partial charge in [0.25, 0.3) is 0 Å². The van der Waals surface area contributed by atoms with E-state index in [-0.39, 0.29) is 0 Å². The standard InChI is InChI=1S/C51H82O40/c1-2-3-75-11-19-43-27(66)35(74)51(83-19)90-42-18(10-58)81-49(33(72)25(42)64)88-40-16(8-56)79-47(31(70)23(40)62)86-38-14(6-54)77-45(29(68)21(38)60)84-36-12(4-52)76-44(28(67)20(36)59)85-37-13(5-53)78-46(30(69)22(37)61)87-39-15(7-55)80-48(32(71)24(39)63)89-41-17(9-57)82-50(91-43)34(73)26(41)65/h1,12-74H,3-11H2/t12-,13-,14-,15-,16-,17-,18-,19-,20-,21-,22-,23-,24-,25-,26-,27-,28-,29-,30-,31-,32-,33-,34-,35-,36-,37-,38-,39-,40-,41-,42-,43-,44-,45-,46-,47-,48-,49-,50-,51-/m1/s1. The van der Waals surface area contributed by atoms with Gasteiger partial charge in [-0.2, -0.15) is 0 Å². The summed E-state index contributed by atoms with van der Waals surface area (Å²) >= 11 is 0. The van der Waals surface area contributed by atoms with E-state index in [0.29, 0.717) is 0 Å². The molecule has 0 aromatic rings. The predicted molar refractivity (Wildman–Crippen MR) is 274 cm³/mol. The van der Waals surface area contributed by atoms with Crippen molar-refractivity contribution in [3.05, 3.63) is 0 Å². The van der Waals surface area contributed by atoms with E-state index in [1.807, 2.05) is 0 Å². The Labute approximate surface area is 514 Å². The molecule has 40 nitrogen and oxygen atoms in total. The zero-order valence-corrected chi connectivity index (χ0v) is 47.8. The first-order valence-corrected chi connectivity index (χ1v) is 29.0. The lowest BCUT2D eigenvalue weighted by atomic mass is 9.94. The van der Waals surface area contributed by atoms with Gasteiger partial charge < -0.3 is 198 Å². The molecule has 30 aliphatic heterocycles. The molecule has 0 unspecified atom stereocenters. The highest BCUT2D eigenvalue weighted by Gasteiger charge is 2.60. The monoisotopic (exact) mass is 1330 g/mol. The van der Waals surface area contributed by atoms with Gasteiger partial charge in [-0.25, -0.2) is 0 Å². The highest BCUT2D eigenvalue weighted by atomic mass is 16.8. The molecule has 23 N–H and O–H groups in total. The quantitative estimate of drug-likeness (QED) is 0.0713. The molecule has 0 aromatic carbocycles. The van der Waals surface area contributed by atoms with Crippen molar-refractivity contribution < 1.29 is 198 Å². The third kappa shape index (κ3) is 14.9. The zero-order valence-electron chi connectivity index (χ0n) is 47.8. The average Bonchev–Trinajstić information content (AvgIpc) is 0.814. The van der Waals surface area contributed by atoms with Crippen LogP contribution in [0.1, 0.15) is 0 Å². The minimum Gasteiger partial charge on any atom is -0.394 e. The van der Waals surface area contributed by atoms with Gasteiger partial charge in [0, 0.05) is 0 Å². The Hall–Kier alpha value is -2.04. The van der Waals surface area contributed by atoms with Gasteiger partial charge in [0.15, 0.2) is 50.3 Å². The topological polar surface area (TPSA) is 622 Å². The molecule has 30 heterocycles. The molecular formula is C51H82O40. The molecule has 40 heteroatoms. The van der Waals surface area contributed by atoms with Crippen molar-refractivity contribution >= 4 is 0 Å². The molecule has 0 saturated carbocycles. The summed E-state index contributed by atoms with van der Waals surface area (Å²) in [5.74, 6) is 2.19. The van der Waals surface area contributed by atoms with Gasteiger partial charge in [-0.05, 0) is 0 Å². The Morgan fingerprint density at radius 2 is 0.363 bits per heavy atom. The molecular weight excluding hydrogens is 1250 g/mol. The number of terminal acetylenes is 1. The summed E-state index contributed by atoms with van der Waals surface area (Å²) in [7, 11) is 0. The second kappa shape index (κ2) is 31.7. The van der Waals surface area contributed by atoms with Crippen LogP contribution in [0.3, 0.4) is 0 Å². The molecule has 40 atom stereocenters. The fraction of sp³-hybridized carbons (Fsp3) is 0.961. The van der Waals surface area contributed by atoms with Gasteiger partial charge in [-0.15, -0.1) is 6.42 Å². The molecule has 30 aliphatic rings. The van der Waals surface area contributed by atoms with Crippen LogP contribution in [-0.2, 0) is 80.5 Å². The number of rotatable bonds is 10. The number of aliphatic hydroxyl groups excluding tert-OH is 23. The van der Waals surface area contributed by atoms with Crippen LogP contribution >= 0.6 is 0 Å². The van der Waals surface area contributed by atoms with Gasteiger partial charge in [0.2, 0.25) is 0 Å². The van der Waals surface area contributed by atoms with E-state index in [4.69, 9.17) is 87.0 Å². The van der Waals surface area contributed by atoms with Crippen molar-refractivity contribution in [1.29, 1.82) is 0 Å². The second-order valence-electron chi connectivity index (χ2n) is 23.0. The highest BCUT2D eigenvalue weighted by Crippen LogP contribution is 2.40. The van der Waals surface area contributed by atoms with Gasteiger partial charge in [-0.3, -0.25) is 0 Å². The normalized spacial score (nSPS) is 53.8. The summed E-state index contributed by atoms with van der Waals surface area (Å²) in [4.78, 5) is 0. The van der Waals surface area contributed by atoms with Gasteiger partial charge in [0.05, 0.1) is 52.9 Å². The molecule has 526 valence electrons. The highest BCUT2D eigenvalue weighted by molar-refractivity contribution is 5.03. The summed E-state index contributed by atoms with van der Waals surface area (Å²) in [6.07, 6.45) is -76.3. The SMILES string of the molecule is C#CCOC[C@H]1O[C@@H]2O[C@H]3[C@H](O)[C@@H](O)[C@@H](O[C@H]4[C@H](O)[C@@H](O)[C@@H](O[C@H]5[C@H](O)[C@@H](O)[C@@H](O[C@H]6[C@H](O)[C@@H](O)[C@@H](O[C@H]7[C@H](O)[C@@H](O)[C@@H](O[C@H]8[C@H](O)[C@@H](O)[C@@H](O[C@H]9[C@H](O)[C@@H](O)[C@@H](O[C@H]1[C@H](O)[C@H]2O)O[C@@H]9CO)O[C@@H]8CO)O[C@@H]7CO)O[C@@H]6CO)O[C@@H]5CO)O[C@@H]4CO)O[C@@H]3CO. The summed E-state index contributed by atoms with van der Waals surface area (Å²) in [6, 6.07) is 0. The smallest absolute Gasteiger partial charge is 0.187 e. The van der Waals surface area contributed by atoms with Crippen molar-refractivity contribution in [2.24, 2.45) is 0 Å². The number of aliphatic hydroxyl groups is 23. The Morgan fingerprint density at radius 1 is 0.220 bits per heavy atom. The van der Waals surface area contributed by atoms with Crippen LogP contribution in [0.5, 0.6) is 0 Å². The molecule has 16 bridgehead atoms. The van der Waals surface area contributed by atoms with E-state index in [1.54, 1.807) is 0 Å². The lowest BCUT2D eigenvalue weighted by Crippen LogP contribution is -2.69. The second-order valence-corrected chi connectivity index (χ2v) is 23.0. The van der Waals surface area contributed by atoms with Crippen LogP contribution in [-0.4, -0.2) is 423 Å². The van der Waals surface area contributed by atoms with E-state index in [0.717, 1.165) is 0 Å². The van der Waals surface area contributed by atoms with Gasteiger partial charge >= 0.3 is 0 Å². The maximum Gasteiger partial charge on any atom is 0.187 e. The van der Waals surface area contributed by atoms with Crippen LogP contribution < -0.4 is 0 Å². The number of ether oxygens (including phenoxy) is 17. The summed E-state index contributed by atoms with van der Waals surface area (Å²) in [6.45, 7) is -8.57. The van der Waals surface area contributed by atoms with Crippen molar-refractivity contribution in [2.75, 3.05) is 59.5 Å². The van der Waals surface area contributed by atoms with Crippen LogP contribution in [0.4, 0.5) is 0 Å². The zero-order chi connectivity index (χ0) is 66.2. The molecule has 0 radical (unpaired) electrons. The first-order chi connectivity index (χ1) is 43.4. The summed E-state index contributed by atoms with van der Waals surface area (Å²) in [5, 5.41) is 256. The first-order valence-electron chi connectivity index (χ1n) is 29.0. The molecule has 0 amide bonds. The fourth-order valence-electron chi connectivity index (χ4n) is 12.1. The van der Waals surface area contributed by atoms with Gasteiger partial charge in [0.1, 0.15) is 202 Å². The lowest BCUT2D eigenvalue weighted by Gasteiger charge is -2.50. The maximum atomic E-state index is 11.6. The van der Waals surface area contributed by atoms with E-state index in [2.05, 4.69) is 5.92 Å². The lowest BCUT2D eigenvalue weighted by molar-refractivity contribution is -0.404. The predicted octanol–water partition coefficient (Wildman–Crippen LogP) is -16.7. The van der Waals surface area contributed by atoms with Crippen molar-refractivity contribution in [3.8, 4) is 12.3 Å². The summed E-state index contributed by atoms with van der Waals surface area (Å²) < 4.78 is 97.4. The fourth-order valence-corrected chi connectivity index (χ4v) is 12.1. The molecule has 0 spiro atoms. The van der Waals surface area contributed by atoms with Crippen LogP contribution in [0.2, 0.25) is 0 Å². The minimum absolute atomic E-state index is 0.401. The van der Waals surface area contributed by atoms with Crippen LogP contribution in [0, 0.1) is 12.3 Å². The van der Waals surface area contributed by atoms with E-state index >= 15 is 0 Å². The molecule has 0 aromatic heterocycles. The Bertz CT molecular complexity index is 2260. The Balaban J connectivity index is 0.988. The van der Waals surface area contributed by atoms with Crippen LogP contribution in [0.15, 0.2) is 0 Å². The molecule has 0 aliphatic carbocycles. The van der Waals surface area contributed by atoms with E-state index < -0.39 is 305 Å². The third-order valence-corrected chi connectivity index (χ3v) is 17.2. The van der Waals surface area contributed by atoms with E-state index in [1.165, 1.54) is 0 Å². The molecule has 91 heavy (non-hydrogen) atoms. The van der Waals surface area contributed by atoms with Crippen molar-refractivity contribution in [3.63, 3.8) is 0 Å². The molecule has 30 saturated heterocycles. The first kappa shape index (κ1) is 73.2.